The second-order valence-electron chi connectivity index (χ2n) is 4.45. The molecule has 0 saturated heterocycles. The molecule has 0 bridgehead atoms. The molecule has 2 N–H and O–H groups in total. The van der Waals surface area contributed by atoms with E-state index in [4.69, 9.17) is 21.8 Å². The topological polar surface area (TPSA) is 43.7 Å². The zero-order valence-corrected chi connectivity index (χ0v) is 10.5. The number of hydrogen-bond donors (Lipinski definition) is 2. The van der Waals surface area contributed by atoms with Gasteiger partial charge in [0.1, 0.15) is 0 Å². The molecule has 17 heavy (non-hydrogen) atoms. The number of aliphatic hydroxyl groups is 2. The van der Waals surface area contributed by atoms with Crippen LogP contribution in [0.2, 0.25) is 5.02 Å². The molecule has 4 heteroatoms. The standard InChI is InChI=1S/C13H18ClNO2/c14-12-8-10(9-17)4-5-13(12)15(6-7-16)11-2-1-3-11/h4-5,8,11,16-17H,1-3,6-7,9H2. The number of rotatable bonds is 5. The first kappa shape index (κ1) is 12.7. The lowest BCUT2D eigenvalue weighted by molar-refractivity contribution is 0.281. The summed E-state index contributed by atoms with van der Waals surface area (Å²) in [6.07, 6.45) is 3.58. The second-order valence-corrected chi connectivity index (χ2v) is 4.85. The first-order chi connectivity index (χ1) is 8.26. The molecule has 2 rings (SSSR count). The SMILES string of the molecule is OCCN(c1ccc(CO)cc1Cl)C1CCC1. The molecule has 0 aliphatic heterocycles. The highest BCUT2D eigenvalue weighted by Gasteiger charge is 2.26. The van der Waals surface area contributed by atoms with Gasteiger partial charge in [-0.25, -0.2) is 0 Å². The molecule has 1 saturated carbocycles. The molecule has 0 atom stereocenters. The summed E-state index contributed by atoms with van der Waals surface area (Å²) in [5.74, 6) is 0. The Balaban J connectivity index is 2.22. The number of nitrogens with zero attached hydrogens (tertiary/aromatic N) is 1. The Bertz CT molecular complexity index is 380. The molecule has 0 heterocycles. The molecule has 1 aliphatic rings. The monoisotopic (exact) mass is 255 g/mol. The smallest absolute Gasteiger partial charge is 0.0682 e. The largest absolute Gasteiger partial charge is 0.395 e. The van der Waals surface area contributed by atoms with Crippen molar-refractivity contribution in [3.63, 3.8) is 0 Å². The molecule has 0 radical (unpaired) electrons. The average molecular weight is 256 g/mol. The Morgan fingerprint density at radius 3 is 2.53 bits per heavy atom. The quantitative estimate of drug-likeness (QED) is 0.848. The predicted octanol–water partition coefficient (Wildman–Crippen LogP) is 2.18. The lowest BCUT2D eigenvalue weighted by atomic mass is 9.91. The van der Waals surface area contributed by atoms with Crippen LogP contribution in [-0.4, -0.2) is 29.4 Å². The number of anilines is 1. The molecule has 1 aliphatic carbocycles. The number of hydrogen-bond acceptors (Lipinski definition) is 3. The van der Waals surface area contributed by atoms with Gasteiger partial charge in [-0.3, -0.25) is 0 Å². The van der Waals surface area contributed by atoms with Crippen LogP contribution < -0.4 is 4.90 Å². The van der Waals surface area contributed by atoms with Crippen LogP contribution in [-0.2, 0) is 6.61 Å². The third kappa shape index (κ3) is 2.73. The van der Waals surface area contributed by atoms with Crippen molar-refractivity contribution in [3.05, 3.63) is 28.8 Å². The van der Waals surface area contributed by atoms with E-state index in [1.807, 2.05) is 12.1 Å². The van der Waals surface area contributed by atoms with E-state index in [1.165, 1.54) is 6.42 Å². The maximum absolute atomic E-state index is 9.13. The van der Waals surface area contributed by atoms with Crippen LogP contribution in [0.15, 0.2) is 18.2 Å². The predicted molar refractivity (Wildman–Crippen MR) is 69.4 cm³/mol. The average Bonchev–Trinajstić information content (AvgIpc) is 2.26. The fraction of sp³-hybridized carbons (Fsp3) is 0.538. The Hall–Kier alpha value is -0.770. The molecule has 3 nitrogen and oxygen atoms in total. The number of aliphatic hydroxyl groups excluding tert-OH is 2. The van der Waals surface area contributed by atoms with E-state index < -0.39 is 0 Å². The Morgan fingerprint density at radius 1 is 1.29 bits per heavy atom. The summed E-state index contributed by atoms with van der Waals surface area (Å²) in [5, 5.41) is 18.8. The van der Waals surface area contributed by atoms with Crippen LogP contribution >= 0.6 is 11.6 Å². The van der Waals surface area contributed by atoms with Gasteiger partial charge < -0.3 is 15.1 Å². The first-order valence-electron chi connectivity index (χ1n) is 6.03. The maximum Gasteiger partial charge on any atom is 0.0682 e. The van der Waals surface area contributed by atoms with E-state index in [-0.39, 0.29) is 13.2 Å². The molecule has 0 aromatic heterocycles. The van der Waals surface area contributed by atoms with E-state index in [1.54, 1.807) is 6.07 Å². The van der Waals surface area contributed by atoms with Gasteiger partial charge in [0.25, 0.3) is 0 Å². The van der Waals surface area contributed by atoms with Gasteiger partial charge in [-0.15, -0.1) is 0 Å². The Morgan fingerprint density at radius 2 is 2.06 bits per heavy atom. The minimum atomic E-state index is 0.00340. The van der Waals surface area contributed by atoms with Gasteiger partial charge in [0, 0.05) is 12.6 Å². The lowest BCUT2D eigenvalue weighted by Crippen LogP contribution is -2.42. The molecule has 94 valence electrons. The van der Waals surface area contributed by atoms with Crippen LogP contribution in [0, 0.1) is 0 Å². The number of benzene rings is 1. The zero-order valence-electron chi connectivity index (χ0n) is 9.77. The summed E-state index contributed by atoms with van der Waals surface area (Å²) in [7, 11) is 0. The summed E-state index contributed by atoms with van der Waals surface area (Å²) in [5.41, 5.74) is 1.78. The van der Waals surface area contributed by atoms with Gasteiger partial charge >= 0.3 is 0 Å². The van der Waals surface area contributed by atoms with Gasteiger partial charge in [0.05, 0.1) is 23.9 Å². The third-order valence-electron chi connectivity index (χ3n) is 3.36. The lowest BCUT2D eigenvalue weighted by Gasteiger charge is -2.39. The third-order valence-corrected chi connectivity index (χ3v) is 3.66. The van der Waals surface area contributed by atoms with Crippen LogP contribution in [0.4, 0.5) is 5.69 Å². The van der Waals surface area contributed by atoms with Crippen molar-refractivity contribution in [2.24, 2.45) is 0 Å². The molecular formula is C13H18ClNO2. The zero-order chi connectivity index (χ0) is 12.3. The van der Waals surface area contributed by atoms with Crippen molar-refractivity contribution in [1.82, 2.24) is 0 Å². The van der Waals surface area contributed by atoms with Crippen molar-refractivity contribution in [3.8, 4) is 0 Å². The van der Waals surface area contributed by atoms with Crippen molar-refractivity contribution in [2.45, 2.75) is 31.9 Å². The van der Waals surface area contributed by atoms with Crippen molar-refractivity contribution in [1.29, 1.82) is 0 Å². The number of halogens is 1. The van der Waals surface area contributed by atoms with Gasteiger partial charge in [-0.2, -0.15) is 0 Å². The van der Waals surface area contributed by atoms with Gasteiger partial charge in [-0.1, -0.05) is 17.7 Å². The second kappa shape index (κ2) is 5.71. The van der Waals surface area contributed by atoms with Gasteiger partial charge in [0.2, 0.25) is 0 Å². The van der Waals surface area contributed by atoms with E-state index in [0.29, 0.717) is 17.6 Å². The summed E-state index contributed by atoms with van der Waals surface area (Å²) in [6.45, 7) is 0.751. The van der Waals surface area contributed by atoms with Crippen LogP contribution in [0.3, 0.4) is 0 Å². The van der Waals surface area contributed by atoms with E-state index in [9.17, 15) is 0 Å². The Labute approximate surface area is 107 Å². The molecular weight excluding hydrogens is 238 g/mol. The Kier molecular flexibility index (Phi) is 4.26. The van der Waals surface area contributed by atoms with E-state index in [0.717, 1.165) is 24.1 Å². The van der Waals surface area contributed by atoms with Crippen molar-refractivity contribution >= 4 is 17.3 Å². The minimum absolute atomic E-state index is 0.00340. The minimum Gasteiger partial charge on any atom is -0.395 e. The highest BCUT2D eigenvalue weighted by molar-refractivity contribution is 6.33. The maximum atomic E-state index is 9.13. The summed E-state index contributed by atoms with van der Waals surface area (Å²) in [4.78, 5) is 2.17. The van der Waals surface area contributed by atoms with Crippen molar-refractivity contribution in [2.75, 3.05) is 18.1 Å². The fourth-order valence-corrected chi connectivity index (χ4v) is 2.50. The molecule has 1 aromatic carbocycles. The van der Waals surface area contributed by atoms with Crippen LogP contribution in [0.25, 0.3) is 0 Å². The van der Waals surface area contributed by atoms with E-state index >= 15 is 0 Å². The van der Waals surface area contributed by atoms with Gasteiger partial charge in [-0.05, 0) is 37.0 Å². The molecule has 0 unspecified atom stereocenters. The molecule has 1 fully saturated rings. The highest BCUT2D eigenvalue weighted by Crippen LogP contribution is 2.34. The molecule has 1 aromatic rings. The highest BCUT2D eigenvalue weighted by atomic mass is 35.5. The van der Waals surface area contributed by atoms with E-state index in [2.05, 4.69) is 4.90 Å². The summed E-state index contributed by atoms with van der Waals surface area (Å²) < 4.78 is 0. The summed E-state index contributed by atoms with van der Waals surface area (Å²) in [6, 6.07) is 6.10. The van der Waals surface area contributed by atoms with Crippen molar-refractivity contribution < 1.29 is 10.2 Å². The van der Waals surface area contributed by atoms with Gasteiger partial charge in [0.15, 0.2) is 0 Å². The van der Waals surface area contributed by atoms with Crippen LogP contribution in [0.1, 0.15) is 24.8 Å². The summed E-state index contributed by atoms with van der Waals surface area (Å²) >= 11 is 6.23. The normalized spacial score (nSPS) is 15.7. The van der Waals surface area contributed by atoms with Crippen LogP contribution in [0.5, 0.6) is 0 Å². The first-order valence-corrected chi connectivity index (χ1v) is 6.41. The molecule has 0 spiro atoms. The molecule has 0 amide bonds. The fourth-order valence-electron chi connectivity index (χ4n) is 2.19.